The second kappa shape index (κ2) is 10.4. The van der Waals surface area contributed by atoms with Crippen LogP contribution in [0.15, 0.2) is 41.5 Å². The molecule has 1 aromatic carbocycles. The molecular formula is C21H30N4O2. The minimum Gasteiger partial charge on any atom is -0.490 e. The van der Waals surface area contributed by atoms with E-state index in [0.29, 0.717) is 19.0 Å². The molecule has 2 aromatic rings. The van der Waals surface area contributed by atoms with Gasteiger partial charge in [0.1, 0.15) is 5.75 Å². The van der Waals surface area contributed by atoms with Crippen molar-refractivity contribution in [3.63, 3.8) is 0 Å². The fourth-order valence-corrected chi connectivity index (χ4v) is 2.47. The van der Waals surface area contributed by atoms with Crippen LogP contribution in [0.1, 0.15) is 37.0 Å². The fraction of sp³-hybridized carbons (Fsp3) is 0.429. The highest BCUT2D eigenvalue weighted by molar-refractivity contribution is 5.79. The van der Waals surface area contributed by atoms with Gasteiger partial charge in [0.15, 0.2) is 5.96 Å². The summed E-state index contributed by atoms with van der Waals surface area (Å²) in [5.41, 5.74) is 3.36. The van der Waals surface area contributed by atoms with E-state index in [4.69, 9.17) is 9.47 Å². The van der Waals surface area contributed by atoms with Crippen LogP contribution in [0.3, 0.4) is 0 Å². The Labute approximate surface area is 162 Å². The molecule has 6 heteroatoms. The Morgan fingerprint density at radius 1 is 1.19 bits per heavy atom. The minimum atomic E-state index is 0.185. The topological polar surface area (TPSA) is 67.8 Å². The van der Waals surface area contributed by atoms with Gasteiger partial charge in [-0.25, -0.2) is 4.98 Å². The molecule has 2 N–H and O–H groups in total. The number of aromatic nitrogens is 1. The maximum absolute atomic E-state index is 6.08. The molecular weight excluding hydrogens is 340 g/mol. The molecule has 0 amide bonds. The van der Waals surface area contributed by atoms with Gasteiger partial charge >= 0.3 is 0 Å². The van der Waals surface area contributed by atoms with Gasteiger partial charge < -0.3 is 20.1 Å². The summed E-state index contributed by atoms with van der Waals surface area (Å²) in [6, 6.07) is 10.1. The van der Waals surface area contributed by atoms with Gasteiger partial charge in [0.25, 0.3) is 0 Å². The third-order valence-electron chi connectivity index (χ3n) is 4.26. The zero-order valence-electron chi connectivity index (χ0n) is 16.9. The van der Waals surface area contributed by atoms with Crippen LogP contribution in [0.25, 0.3) is 0 Å². The van der Waals surface area contributed by atoms with Crippen molar-refractivity contribution in [3.05, 3.63) is 53.2 Å². The summed E-state index contributed by atoms with van der Waals surface area (Å²) in [4.78, 5) is 8.41. The standard InChI is InChI=1S/C21H30N4O2/c1-6-16(3)27-19-11-15(2)7-8-18(19)14-25-21(22-4)24-13-17-9-10-23-20(12-17)26-5/h7-12,16H,6,13-14H2,1-5H3,(H2,22,24,25). The Morgan fingerprint density at radius 3 is 2.67 bits per heavy atom. The Balaban J connectivity index is 1.97. The summed E-state index contributed by atoms with van der Waals surface area (Å²) in [5.74, 6) is 2.25. The van der Waals surface area contributed by atoms with Crippen molar-refractivity contribution in [2.75, 3.05) is 14.2 Å². The first-order chi connectivity index (χ1) is 13.0. The Bertz CT molecular complexity index is 762. The van der Waals surface area contributed by atoms with Gasteiger partial charge in [-0.1, -0.05) is 19.1 Å². The number of hydrogen-bond donors (Lipinski definition) is 2. The number of nitrogens with one attached hydrogen (secondary N) is 2. The van der Waals surface area contributed by atoms with Gasteiger partial charge in [-0.3, -0.25) is 4.99 Å². The molecule has 1 aromatic heterocycles. The molecule has 2 rings (SSSR count). The van der Waals surface area contributed by atoms with E-state index in [-0.39, 0.29) is 6.10 Å². The van der Waals surface area contributed by atoms with Gasteiger partial charge in [0.05, 0.1) is 13.2 Å². The van der Waals surface area contributed by atoms with Crippen LogP contribution in [0.5, 0.6) is 11.6 Å². The number of guanidine groups is 1. The molecule has 27 heavy (non-hydrogen) atoms. The van der Waals surface area contributed by atoms with E-state index in [0.717, 1.165) is 29.3 Å². The molecule has 0 saturated carbocycles. The zero-order chi connectivity index (χ0) is 19.6. The summed E-state index contributed by atoms with van der Waals surface area (Å²) < 4.78 is 11.2. The summed E-state index contributed by atoms with van der Waals surface area (Å²) in [6.45, 7) is 7.54. The smallest absolute Gasteiger partial charge is 0.213 e. The van der Waals surface area contributed by atoms with Gasteiger partial charge in [-0.15, -0.1) is 0 Å². The quantitative estimate of drug-likeness (QED) is 0.550. The number of nitrogens with zero attached hydrogens (tertiary/aromatic N) is 2. The molecule has 1 heterocycles. The number of aryl methyl sites for hydroxylation is 1. The van der Waals surface area contributed by atoms with E-state index in [2.05, 4.69) is 59.6 Å². The van der Waals surface area contributed by atoms with Crippen molar-refractivity contribution in [3.8, 4) is 11.6 Å². The molecule has 0 fully saturated rings. The summed E-state index contributed by atoms with van der Waals surface area (Å²) >= 11 is 0. The monoisotopic (exact) mass is 370 g/mol. The maximum atomic E-state index is 6.08. The van der Waals surface area contributed by atoms with E-state index in [1.807, 2.05) is 12.1 Å². The SMILES string of the molecule is CCC(C)Oc1cc(C)ccc1CNC(=NC)NCc1ccnc(OC)c1. The predicted molar refractivity (Wildman–Crippen MR) is 109 cm³/mol. The highest BCUT2D eigenvalue weighted by atomic mass is 16.5. The normalized spacial score (nSPS) is 12.4. The molecule has 6 nitrogen and oxygen atoms in total. The Morgan fingerprint density at radius 2 is 1.96 bits per heavy atom. The average molecular weight is 370 g/mol. The van der Waals surface area contributed by atoms with Crippen LogP contribution in [-0.2, 0) is 13.1 Å². The number of benzene rings is 1. The van der Waals surface area contributed by atoms with Crippen molar-refractivity contribution in [1.82, 2.24) is 15.6 Å². The second-order valence-electron chi connectivity index (χ2n) is 6.43. The van der Waals surface area contributed by atoms with E-state index >= 15 is 0 Å². The lowest BCUT2D eigenvalue weighted by Gasteiger charge is -2.18. The van der Waals surface area contributed by atoms with Gasteiger partial charge in [-0.05, 0) is 43.5 Å². The third-order valence-corrected chi connectivity index (χ3v) is 4.26. The van der Waals surface area contributed by atoms with Crippen LogP contribution >= 0.6 is 0 Å². The third kappa shape index (κ3) is 6.47. The number of hydrogen-bond acceptors (Lipinski definition) is 4. The maximum Gasteiger partial charge on any atom is 0.213 e. The number of aliphatic imine (C=N–C) groups is 1. The van der Waals surface area contributed by atoms with E-state index in [1.165, 1.54) is 5.56 Å². The molecule has 0 radical (unpaired) electrons. The molecule has 0 bridgehead atoms. The molecule has 1 unspecified atom stereocenters. The van der Waals surface area contributed by atoms with Crippen LogP contribution in [0.2, 0.25) is 0 Å². The van der Waals surface area contributed by atoms with Crippen molar-refractivity contribution in [2.24, 2.45) is 4.99 Å². The fourth-order valence-electron chi connectivity index (χ4n) is 2.47. The number of pyridine rings is 1. The van der Waals surface area contributed by atoms with Crippen molar-refractivity contribution in [1.29, 1.82) is 0 Å². The highest BCUT2D eigenvalue weighted by Crippen LogP contribution is 2.22. The van der Waals surface area contributed by atoms with Crippen molar-refractivity contribution in [2.45, 2.75) is 46.4 Å². The molecule has 1 atom stereocenters. The first-order valence-corrected chi connectivity index (χ1v) is 9.25. The number of ether oxygens (including phenoxy) is 2. The zero-order valence-corrected chi connectivity index (χ0v) is 16.9. The second-order valence-corrected chi connectivity index (χ2v) is 6.43. The molecule has 0 aliphatic heterocycles. The summed E-state index contributed by atoms with van der Waals surface area (Å²) in [7, 11) is 3.37. The largest absolute Gasteiger partial charge is 0.490 e. The average Bonchev–Trinajstić information content (AvgIpc) is 2.69. The number of methoxy groups -OCH3 is 1. The van der Waals surface area contributed by atoms with Crippen LogP contribution < -0.4 is 20.1 Å². The first kappa shape index (κ1) is 20.6. The van der Waals surface area contributed by atoms with Gasteiger partial charge in [0, 0.05) is 38.0 Å². The highest BCUT2D eigenvalue weighted by Gasteiger charge is 2.09. The minimum absolute atomic E-state index is 0.185. The number of rotatable bonds is 8. The summed E-state index contributed by atoms with van der Waals surface area (Å²) in [5, 5.41) is 6.65. The van der Waals surface area contributed by atoms with Crippen LogP contribution in [-0.4, -0.2) is 31.2 Å². The Kier molecular flexibility index (Phi) is 7.92. The molecule has 146 valence electrons. The van der Waals surface area contributed by atoms with Crippen molar-refractivity contribution < 1.29 is 9.47 Å². The molecule has 0 aliphatic carbocycles. The molecule has 0 aliphatic rings. The lowest BCUT2D eigenvalue weighted by atomic mass is 10.1. The van der Waals surface area contributed by atoms with E-state index in [9.17, 15) is 0 Å². The van der Waals surface area contributed by atoms with E-state index < -0.39 is 0 Å². The lowest BCUT2D eigenvalue weighted by molar-refractivity contribution is 0.215. The van der Waals surface area contributed by atoms with Crippen LogP contribution in [0, 0.1) is 6.92 Å². The Hall–Kier alpha value is -2.76. The van der Waals surface area contributed by atoms with E-state index in [1.54, 1.807) is 20.4 Å². The van der Waals surface area contributed by atoms with Crippen LogP contribution in [0.4, 0.5) is 0 Å². The van der Waals surface area contributed by atoms with Crippen molar-refractivity contribution >= 4 is 5.96 Å². The predicted octanol–water partition coefficient (Wildman–Crippen LogP) is 3.44. The van der Waals surface area contributed by atoms with Gasteiger partial charge in [-0.2, -0.15) is 0 Å². The van der Waals surface area contributed by atoms with Gasteiger partial charge in [0.2, 0.25) is 5.88 Å². The summed E-state index contributed by atoms with van der Waals surface area (Å²) in [6.07, 6.45) is 2.89. The first-order valence-electron chi connectivity index (χ1n) is 9.25. The lowest BCUT2D eigenvalue weighted by Crippen LogP contribution is -2.36. The molecule has 0 spiro atoms. The molecule has 0 saturated heterocycles.